The summed E-state index contributed by atoms with van der Waals surface area (Å²) >= 11 is 0. The Morgan fingerprint density at radius 1 is 1.21 bits per heavy atom. The van der Waals surface area contributed by atoms with Gasteiger partial charge in [0.25, 0.3) is 5.91 Å². The van der Waals surface area contributed by atoms with Crippen LogP contribution in [0.3, 0.4) is 0 Å². The van der Waals surface area contributed by atoms with Crippen molar-refractivity contribution in [2.75, 3.05) is 18.5 Å². The lowest BCUT2D eigenvalue weighted by Crippen LogP contribution is -2.41. The molecule has 0 aromatic heterocycles. The second kappa shape index (κ2) is 7.78. The van der Waals surface area contributed by atoms with Crippen LogP contribution in [0.5, 0.6) is 5.75 Å². The van der Waals surface area contributed by atoms with Crippen molar-refractivity contribution >= 4 is 21.6 Å². The Bertz CT molecular complexity index is 1000. The predicted octanol–water partition coefficient (Wildman–Crippen LogP) is 2.89. The molecule has 2 bridgehead atoms. The molecule has 1 N–H and O–H groups in total. The summed E-state index contributed by atoms with van der Waals surface area (Å²) in [5.41, 5.74) is 0.891. The fourth-order valence-corrected chi connectivity index (χ4v) is 5.38. The van der Waals surface area contributed by atoms with E-state index in [4.69, 9.17) is 9.47 Å². The molecule has 1 amide bonds. The standard InChI is InChI=1S/C21H24N2O5S/c1-14(2)28-18-8-6-16(7-9-18)22-21(24)15-4-3-5-20(10-15)29(25,26)23-12-19-11-17(23)13-27-19/h3-10,14,17,19H,11-13H2,1-2H3,(H,22,24)/t17-,19-/m1/s1. The fraction of sp³-hybridized carbons (Fsp3) is 0.381. The van der Waals surface area contributed by atoms with Gasteiger partial charge in [0.1, 0.15) is 5.75 Å². The molecular weight excluding hydrogens is 392 g/mol. The number of rotatable bonds is 6. The summed E-state index contributed by atoms with van der Waals surface area (Å²) < 4.78 is 38.6. The van der Waals surface area contributed by atoms with Gasteiger partial charge in [0, 0.05) is 17.8 Å². The average molecular weight is 416 g/mol. The smallest absolute Gasteiger partial charge is 0.255 e. The van der Waals surface area contributed by atoms with Gasteiger partial charge in [-0.2, -0.15) is 4.31 Å². The van der Waals surface area contributed by atoms with Gasteiger partial charge >= 0.3 is 0 Å². The highest BCUT2D eigenvalue weighted by atomic mass is 32.2. The number of anilines is 1. The van der Waals surface area contributed by atoms with Gasteiger partial charge in [0.15, 0.2) is 0 Å². The summed E-state index contributed by atoms with van der Waals surface area (Å²) in [6.07, 6.45) is 0.775. The van der Waals surface area contributed by atoms with Crippen LogP contribution in [-0.4, -0.2) is 50.0 Å². The first-order valence-corrected chi connectivity index (χ1v) is 11.1. The number of amides is 1. The molecule has 0 spiro atoms. The largest absolute Gasteiger partial charge is 0.491 e. The van der Waals surface area contributed by atoms with Gasteiger partial charge < -0.3 is 14.8 Å². The molecule has 4 rings (SSSR count). The van der Waals surface area contributed by atoms with Gasteiger partial charge in [0.2, 0.25) is 10.0 Å². The predicted molar refractivity (Wildman–Crippen MR) is 109 cm³/mol. The molecule has 0 aliphatic carbocycles. The molecule has 0 saturated carbocycles. The van der Waals surface area contributed by atoms with E-state index in [1.54, 1.807) is 36.4 Å². The number of sulfonamides is 1. The molecule has 29 heavy (non-hydrogen) atoms. The first-order chi connectivity index (χ1) is 13.8. The van der Waals surface area contributed by atoms with Crippen molar-refractivity contribution < 1.29 is 22.7 Å². The van der Waals surface area contributed by atoms with E-state index < -0.39 is 10.0 Å². The molecule has 2 aromatic rings. The van der Waals surface area contributed by atoms with E-state index in [9.17, 15) is 13.2 Å². The van der Waals surface area contributed by atoms with E-state index in [0.717, 1.165) is 12.2 Å². The molecule has 2 atom stereocenters. The number of hydrogen-bond donors (Lipinski definition) is 1. The zero-order valence-electron chi connectivity index (χ0n) is 16.4. The highest BCUT2D eigenvalue weighted by Crippen LogP contribution is 2.33. The van der Waals surface area contributed by atoms with Gasteiger partial charge in [0.05, 0.1) is 29.8 Å². The van der Waals surface area contributed by atoms with Crippen LogP contribution in [0.1, 0.15) is 30.6 Å². The highest BCUT2D eigenvalue weighted by Gasteiger charge is 2.45. The fourth-order valence-electron chi connectivity index (χ4n) is 3.68. The van der Waals surface area contributed by atoms with Crippen LogP contribution < -0.4 is 10.1 Å². The lowest BCUT2D eigenvalue weighted by Gasteiger charge is -2.26. The van der Waals surface area contributed by atoms with Crippen molar-refractivity contribution in [1.29, 1.82) is 0 Å². The van der Waals surface area contributed by atoms with Crippen molar-refractivity contribution in [2.45, 2.75) is 43.4 Å². The molecule has 2 heterocycles. The number of benzene rings is 2. The molecule has 0 unspecified atom stereocenters. The monoisotopic (exact) mass is 416 g/mol. The molecule has 2 fully saturated rings. The molecule has 2 saturated heterocycles. The Morgan fingerprint density at radius 2 is 1.97 bits per heavy atom. The summed E-state index contributed by atoms with van der Waals surface area (Å²) in [4.78, 5) is 12.8. The van der Waals surface area contributed by atoms with E-state index >= 15 is 0 Å². The second-order valence-corrected chi connectivity index (χ2v) is 9.48. The third-order valence-corrected chi connectivity index (χ3v) is 6.95. The Morgan fingerprint density at radius 3 is 2.59 bits per heavy atom. The number of ether oxygens (including phenoxy) is 2. The average Bonchev–Trinajstić information content (AvgIpc) is 3.33. The number of nitrogens with one attached hydrogen (secondary N) is 1. The Hall–Kier alpha value is -2.42. The summed E-state index contributed by atoms with van der Waals surface area (Å²) in [6.45, 7) is 4.68. The lowest BCUT2D eigenvalue weighted by molar-refractivity contribution is 0.0608. The molecule has 2 aliphatic rings. The van der Waals surface area contributed by atoms with Crippen LogP contribution in [0.15, 0.2) is 53.4 Å². The molecule has 8 heteroatoms. The molecule has 2 aromatic carbocycles. The first-order valence-electron chi connectivity index (χ1n) is 9.64. The molecule has 7 nitrogen and oxygen atoms in total. The quantitative estimate of drug-likeness (QED) is 0.783. The summed E-state index contributed by atoms with van der Waals surface area (Å²) in [5, 5.41) is 2.79. The van der Waals surface area contributed by atoms with E-state index in [2.05, 4.69) is 5.32 Å². The molecule has 154 valence electrons. The van der Waals surface area contributed by atoms with Crippen LogP contribution in [0.4, 0.5) is 5.69 Å². The van der Waals surface area contributed by atoms with Crippen molar-refractivity contribution in [3.8, 4) is 5.75 Å². The van der Waals surface area contributed by atoms with Crippen LogP contribution in [0.2, 0.25) is 0 Å². The third kappa shape index (κ3) is 4.14. The van der Waals surface area contributed by atoms with Crippen LogP contribution >= 0.6 is 0 Å². The van der Waals surface area contributed by atoms with Crippen molar-refractivity contribution in [3.63, 3.8) is 0 Å². The van der Waals surface area contributed by atoms with E-state index in [1.165, 1.54) is 16.4 Å². The first kappa shape index (κ1) is 19.9. The van der Waals surface area contributed by atoms with Gasteiger partial charge in [-0.3, -0.25) is 4.79 Å². The van der Waals surface area contributed by atoms with Gasteiger partial charge in [-0.05, 0) is 62.7 Å². The van der Waals surface area contributed by atoms with E-state index in [1.807, 2.05) is 13.8 Å². The SMILES string of the molecule is CC(C)Oc1ccc(NC(=O)c2cccc(S(=O)(=O)N3C[C@H]4C[C@@H]3CO4)c2)cc1. The zero-order chi connectivity index (χ0) is 20.6. The molecule has 0 radical (unpaired) electrons. The number of carbonyl (C=O) groups excluding carboxylic acids is 1. The number of fused-ring (bicyclic) bond motifs is 2. The number of nitrogens with zero attached hydrogens (tertiary/aromatic N) is 1. The maximum atomic E-state index is 13.0. The van der Waals surface area contributed by atoms with E-state index in [-0.39, 0.29) is 34.6 Å². The second-order valence-electron chi connectivity index (χ2n) is 7.59. The number of hydrogen-bond acceptors (Lipinski definition) is 5. The Balaban J connectivity index is 1.49. The molecule has 2 aliphatic heterocycles. The Labute approximate surface area is 170 Å². The Kier molecular flexibility index (Phi) is 5.33. The van der Waals surface area contributed by atoms with E-state index in [0.29, 0.717) is 18.8 Å². The topological polar surface area (TPSA) is 84.9 Å². The summed E-state index contributed by atoms with van der Waals surface area (Å²) in [6, 6.07) is 13.1. The third-order valence-electron chi connectivity index (χ3n) is 5.04. The van der Waals surface area contributed by atoms with Gasteiger partial charge in [-0.1, -0.05) is 6.07 Å². The minimum Gasteiger partial charge on any atom is -0.491 e. The minimum absolute atomic E-state index is 0.0242. The summed E-state index contributed by atoms with van der Waals surface area (Å²) in [5.74, 6) is 0.348. The van der Waals surface area contributed by atoms with Crippen LogP contribution in [-0.2, 0) is 14.8 Å². The maximum absolute atomic E-state index is 13.0. The lowest BCUT2D eigenvalue weighted by atomic mass is 10.2. The van der Waals surface area contributed by atoms with Crippen LogP contribution in [0, 0.1) is 0 Å². The van der Waals surface area contributed by atoms with Crippen molar-refractivity contribution in [3.05, 3.63) is 54.1 Å². The van der Waals surface area contributed by atoms with Gasteiger partial charge in [-0.25, -0.2) is 8.42 Å². The number of carbonyl (C=O) groups is 1. The minimum atomic E-state index is -3.66. The van der Waals surface area contributed by atoms with Crippen LogP contribution in [0.25, 0.3) is 0 Å². The van der Waals surface area contributed by atoms with Crippen molar-refractivity contribution in [2.24, 2.45) is 0 Å². The molecular formula is C21H24N2O5S. The van der Waals surface area contributed by atoms with Crippen molar-refractivity contribution in [1.82, 2.24) is 4.31 Å². The summed E-state index contributed by atoms with van der Waals surface area (Å²) in [7, 11) is -3.66. The number of morpholine rings is 1. The maximum Gasteiger partial charge on any atom is 0.255 e. The normalized spacial score (nSPS) is 21.5. The van der Waals surface area contributed by atoms with Gasteiger partial charge in [-0.15, -0.1) is 0 Å². The zero-order valence-corrected chi connectivity index (χ0v) is 17.2. The highest BCUT2D eigenvalue weighted by molar-refractivity contribution is 7.89.